The lowest BCUT2D eigenvalue weighted by atomic mass is 10.1. The minimum atomic E-state index is -0.340. The Balaban J connectivity index is 2.02. The summed E-state index contributed by atoms with van der Waals surface area (Å²) in [5.41, 5.74) is 2.34. The Hall–Kier alpha value is -1.75. The lowest BCUT2D eigenvalue weighted by Crippen LogP contribution is -2.33. The summed E-state index contributed by atoms with van der Waals surface area (Å²) in [5.74, 6) is 1.05. The summed E-state index contributed by atoms with van der Waals surface area (Å²) in [7, 11) is 0. The number of hydrogen-bond acceptors (Lipinski definition) is 4. The second-order valence-corrected chi connectivity index (χ2v) is 7.01. The number of rotatable bonds is 8. The number of benzene rings is 1. The fourth-order valence-corrected chi connectivity index (χ4v) is 3.52. The van der Waals surface area contributed by atoms with Gasteiger partial charge in [0.2, 0.25) is 5.91 Å². The van der Waals surface area contributed by atoms with Crippen LogP contribution in [0.3, 0.4) is 0 Å². The SMILES string of the molecule is CCC[C@@H](C)NC(=O)CSCc1cc(=O)oc2cc(CC)ccc12. The van der Waals surface area contributed by atoms with Crippen LogP contribution in [0.1, 0.15) is 44.7 Å². The highest BCUT2D eigenvalue weighted by Gasteiger charge is 2.09. The van der Waals surface area contributed by atoms with Crippen molar-refractivity contribution in [3.8, 4) is 0 Å². The maximum Gasteiger partial charge on any atom is 0.336 e. The molecule has 0 aliphatic rings. The molecular formula is C19H25NO3S. The van der Waals surface area contributed by atoms with Crippen molar-refractivity contribution in [1.82, 2.24) is 5.32 Å². The number of thioether (sulfide) groups is 1. The highest BCUT2D eigenvalue weighted by atomic mass is 32.2. The molecule has 0 unspecified atom stereocenters. The predicted molar refractivity (Wildman–Crippen MR) is 101 cm³/mol. The molecule has 1 aromatic heterocycles. The van der Waals surface area contributed by atoms with Crippen LogP contribution < -0.4 is 10.9 Å². The van der Waals surface area contributed by atoms with Crippen LogP contribution in [0.5, 0.6) is 0 Å². The lowest BCUT2D eigenvalue weighted by molar-refractivity contribution is -0.119. The lowest BCUT2D eigenvalue weighted by Gasteiger charge is -2.12. The fraction of sp³-hybridized carbons (Fsp3) is 0.474. The summed E-state index contributed by atoms with van der Waals surface area (Å²) in [6.45, 7) is 6.19. The van der Waals surface area contributed by atoms with E-state index in [1.165, 1.54) is 17.8 Å². The molecule has 1 heterocycles. The van der Waals surface area contributed by atoms with Crippen molar-refractivity contribution in [3.05, 3.63) is 45.8 Å². The third kappa shape index (κ3) is 5.13. The number of fused-ring (bicyclic) bond motifs is 1. The van der Waals surface area contributed by atoms with E-state index in [1.54, 1.807) is 0 Å². The average Bonchev–Trinajstić information content (AvgIpc) is 2.54. The average molecular weight is 347 g/mol. The summed E-state index contributed by atoms with van der Waals surface area (Å²) in [6.07, 6.45) is 2.94. The van der Waals surface area contributed by atoms with Crippen LogP contribution in [0.4, 0.5) is 0 Å². The van der Waals surface area contributed by atoms with E-state index in [4.69, 9.17) is 4.42 Å². The minimum Gasteiger partial charge on any atom is -0.423 e. The molecule has 1 amide bonds. The Kier molecular flexibility index (Phi) is 6.91. The summed E-state index contributed by atoms with van der Waals surface area (Å²) in [5, 5.41) is 3.93. The van der Waals surface area contributed by atoms with Crippen LogP contribution in [0.2, 0.25) is 0 Å². The molecule has 0 aliphatic carbocycles. The van der Waals surface area contributed by atoms with Crippen molar-refractivity contribution in [2.24, 2.45) is 0 Å². The molecule has 2 rings (SSSR count). The van der Waals surface area contributed by atoms with Crippen molar-refractivity contribution >= 4 is 28.6 Å². The Labute approximate surface area is 147 Å². The van der Waals surface area contributed by atoms with Gasteiger partial charge in [0.1, 0.15) is 5.58 Å². The van der Waals surface area contributed by atoms with Gasteiger partial charge in [-0.25, -0.2) is 4.79 Å². The maximum atomic E-state index is 11.9. The first-order valence-corrected chi connectivity index (χ1v) is 9.61. The molecule has 4 nitrogen and oxygen atoms in total. The van der Waals surface area contributed by atoms with Crippen LogP contribution in [0.25, 0.3) is 11.0 Å². The number of aryl methyl sites for hydroxylation is 1. The molecule has 0 fully saturated rings. The molecule has 0 radical (unpaired) electrons. The standard InChI is InChI=1S/C19H25NO3S/c1-4-6-13(3)20-18(21)12-24-11-15-10-19(22)23-17-9-14(5-2)7-8-16(15)17/h7-10,13H,4-6,11-12H2,1-3H3,(H,20,21)/t13-/m1/s1. The fourth-order valence-electron chi connectivity index (χ4n) is 2.69. The zero-order chi connectivity index (χ0) is 17.5. The second kappa shape index (κ2) is 8.92. The van der Waals surface area contributed by atoms with E-state index in [-0.39, 0.29) is 17.6 Å². The van der Waals surface area contributed by atoms with Crippen molar-refractivity contribution < 1.29 is 9.21 Å². The molecule has 1 atom stereocenters. The van der Waals surface area contributed by atoms with Gasteiger partial charge < -0.3 is 9.73 Å². The topological polar surface area (TPSA) is 59.3 Å². The van der Waals surface area contributed by atoms with E-state index in [0.717, 1.165) is 35.8 Å². The molecule has 0 spiro atoms. The van der Waals surface area contributed by atoms with Gasteiger partial charge in [0.05, 0.1) is 5.75 Å². The molecule has 2 aromatic rings. The van der Waals surface area contributed by atoms with Gasteiger partial charge in [-0.2, -0.15) is 0 Å². The summed E-state index contributed by atoms with van der Waals surface area (Å²) >= 11 is 1.52. The van der Waals surface area contributed by atoms with Gasteiger partial charge in [-0.05, 0) is 37.0 Å². The largest absolute Gasteiger partial charge is 0.423 e. The predicted octanol–water partition coefficient (Wildman–Crippen LogP) is 3.89. The molecule has 0 bridgehead atoms. The third-order valence-corrected chi connectivity index (χ3v) is 4.90. The third-order valence-electron chi connectivity index (χ3n) is 3.92. The molecule has 5 heteroatoms. The highest BCUT2D eigenvalue weighted by Crippen LogP contribution is 2.22. The number of carbonyl (C=O) groups excluding carboxylic acids is 1. The van der Waals surface area contributed by atoms with E-state index in [1.807, 2.05) is 19.1 Å². The van der Waals surface area contributed by atoms with Crippen molar-refractivity contribution in [3.63, 3.8) is 0 Å². The van der Waals surface area contributed by atoms with Crippen LogP contribution in [0, 0.1) is 0 Å². The van der Waals surface area contributed by atoms with Gasteiger partial charge in [-0.3, -0.25) is 4.79 Å². The first-order chi connectivity index (χ1) is 11.5. The van der Waals surface area contributed by atoms with Crippen molar-refractivity contribution in [2.75, 3.05) is 5.75 Å². The zero-order valence-electron chi connectivity index (χ0n) is 14.6. The number of hydrogen-bond donors (Lipinski definition) is 1. The molecule has 24 heavy (non-hydrogen) atoms. The Bertz CT molecular complexity index is 754. The van der Waals surface area contributed by atoms with E-state index < -0.39 is 0 Å². The maximum absolute atomic E-state index is 11.9. The quantitative estimate of drug-likeness (QED) is 0.736. The van der Waals surface area contributed by atoms with Crippen LogP contribution in [-0.2, 0) is 17.0 Å². The molecule has 0 aliphatic heterocycles. The number of amides is 1. The number of nitrogens with one attached hydrogen (secondary N) is 1. The molecule has 1 aromatic carbocycles. The van der Waals surface area contributed by atoms with E-state index in [2.05, 4.69) is 25.2 Å². The van der Waals surface area contributed by atoms with Gasteiger partial charge in [0, 0.05) is 23.2 Å². The first kappa shape index (κ1) is 18.6. The minimum absolute atomic E-state index is 0.0430. The van der Waals surface area contributed by atoms with Crippen molar-refractivity contribution in [2.45, 2.75) is 51.8 Å². The summed E-state index contributed by atoms with van der Waals surface area (Å²) in [4.78, 5) is 23.7. The molecule has 0 saturated carbocycles. The van der Waals surface area contributed by atoms with Crippen molar-refractivity contribution in [1.29, 1.82) is 0 Å². The zero-order valence-corrected chi connectivity index (χ0v) is 15.4. The van der Waals surface area contributed by atoms with Crippen LogP contribution >= 0.6 is 11.8 Å². The van der Waals surface area contributed by atoms with Gasteiger partial charge in [-0.15, -0.1) is 11.8 Å². The smallest absolute Gasteiger partial charge is 0.336 e. The van der Waals surface area contributed by atoms with E-state index in [9.17, 15) is 9.59 Å². The highest BCUT2D eigenvalue weighted by molar-refractivity contribution is 7.99. The van der Waals surface area contributed by atoms with Crippen LogP contribution in [0.15, 0.2) is 33.5 Å². The normalized spacial score (nSPS) is 12.3. The summed E-state index contributed by atoms with van der Waals surface area (Å²) < 4.78 is 5.31. The summed E-state index contributed by atoms with van der Waals surface area (Å²) in [6, 6.07) is 7.70. The van der Waals surface area contributed by atoms with E-state index >= 15 is 0 Å². The van der Waals surface area contributed by atoms with Gasteiger partial charge in [0.15, 0.2) is 0 Å². The molecular weight excluding hydrogens is 322 g/mol. The Morgan fingerprint density at radius 1 is 1.29 bits per heavy atom. The molecule has 130 valence electrons. The van der Waals surface area contributed by atoms with Gasteiger partial charge in [0.25, 0.3) is 0 Å². The Morgan fingerprint density at radius 3 is 2.79 bits per heavy atom. The molecule has 0 saturated heterocycles. The van der Waals surface area contributed by atoms with Gasteiger partial charge in [-0.1, -0.05) is 32.4 Å². The first-order valence-electron chi connectivity index (χ1n) is 8.46. The van der Waals surface area contributed by atoms with Gasteiger partial charge >= 0.3 is 5.63 Å². The molecule has 1 N–H and O–H groups in total. The Morgan fingerprint density at radius 2 is 2.08 bits per heavy atom. The van der Waals surface area contributed by atoms with Crippen LogP contribution in [-0.4, -0.2) is 17.7 Å². The van der Waals surface area contributed by atoms with E-state index in [0.29, 0.717) is 17.1 Å². The monoisotopic (exact) mass is 347 g/mol. The second-order valence-electron chi connectivity index (χ2n) is 6.02. The number of carbonyl (C=O) groups is 1.